The number of ether oxygens (including phenoxy) is 2. The van der Waals surface area contributed by atoms with E-state index in [1.54, 1.807) is 48.1 Å². The average molecular weight is 683 g/mol. The number of rotatable bonds is 8. The molecule has 0 atom stereocenters. The van der Waals surface area contributed by atoms with Crippen molar-refractivity contribution in [3.05, 3.63) is 66.1 Å². The molecule has 0 radical (unpaired) electrons. The first kappa shape index (κ1) is 34.5. The van der Waals surface area contributed by atoms with Crippen LogP contribution >= 0.6 is 0 Å². The summed E-state index contributed by atoms with van der Waals surface area (Å²) in [5.41, 5.74) is 5.51. The number of hydrogen-bond donors (Lipinski definition) is 1. The van der Waals surface area contributed by atoms with Gasteiger partial charge in [-0.15, -0.1) is 5.10 Å². The summed E-state index contributed by atoms with van der Waals surface area (Å²) in [4.78, 5) is 50.1. The van der Waals surface area contributed by atoms with E-state index in [4.69, 9.17) is 9.47 Å². The first-order chi connectivity index (χ1) is 23.9. The molecule has 0 unspecified atom stereocenters. The van der Waals surface area contributed by atoms with Crippen molar-refractivity contribution in [3.8, 4) is 16.9 Å². The Hall–Kier alpha value is -5.33. The molecule has 2 aromatic carbocycles. The molecule has 264 valence electrons. The summed E-state index contributed by atoms with van der Waals surface area (Å²) >= 11 is 0. The van der Waals surface area contributed by atoms with Gasteiger partial charge in [0.2, 0.25) is 5.91 Å². The van der Waals surface area contributed by atoms with Gasteiger partial charge in [0.1, 0.15) is 11.4 Å². The number of anilines is 1. The molecule has 0 spiro atoms. The van der Waals surface area contributed by atoms with Gasteiger partial charge < -0.3 is 34.1 Å². The molecule has 0 aliphatic carbocycles. The molecular weight excluding hydrogens is 636 g/mol. The third-order valence-corrected chi connectivity index (χ3v) is 9.03. The van der Waals surface area contributed by atoms with E-state index >= 15 is 0 Å². The van der Waals surface area contributed by atoms with Gasteiger partial charge in [0.05, 0.1) is 25.4 Å². The van der Waals surface area contributed by atoms with Crippen LogP contribution in [0.4, 0.5) is 10.5 Å². The Bertz CT molecular complexity index is 1900. The third kappa shape index (κ3) is 7.61. The SMILES string of the molecule is COc1cc(N2CCN(C(=O)OC(C)(C)C)CC2)ccc1-c1cc(C(=O)N(C)C)cc2cc(C3=CCCN(C(=O)CCn4ccnn4)C3)[nH]c12. The third-order valence-electron chi connectivity index (χ3n) is 9.03. The molecule has 4 aromatic rings. The molecule has 0 bridgehead atoms. The number of carbonyl (C=O) groups is 3. The molecule has 6 rings (SSSR count). The molecule has 1 fully saturated rings. The minimum Gasteiger partial charge on any atom is -0.496 e. The van der Waals surface area contributed by atoms with Crippen molar-refractivity contribution < 1.29 is 23.9 Å². The van der Waals surface area contributed by atoms with Crippen molar-refractivity contribution in [1.82, 2.24) is 34.7 Å². The number of benzene rings is 2. The van der Waals surface area contributed by atoms with E-state index in [9.17, 15) is 14.4 Å². The van der Waals surface area contributed by atoms with Crippen molar-refractivity contribution in [2.75, 3.05) is 65.4 Å². The largest absolute Gasteiger partial charge is 0.496 e. The Morgan fingerprint density at radius 2 is 1.74 bits per heavy atom. The van der Waals surface area contributed by atoms with Crippen molar-refractivity contribution in [2.24, 2.45) is 0 Å². The van der Waals surface area contributed by atoms with Crippen molar-refractivity contribution in [2.45, 2.75) is 45.8 Å². The highest BCUT2D eigenvalue weighted by molar-refractivity contribution is 6.05. The first-order valence-corrected chi connectivity index (χ1v) is 17.0. The summed E-state index contributed by atoms with van der Waals surface area (Å²) in [5, 5.41) is 8.68. The molecule has 4 heterocycles. The van der Waals surface area contributed by atoms with Gasteiger partial charge in [-0.05, 0) is 63.1 Å². The van der Waals surface area contributed by atoms with Gasteiger partial charge in [-0.3, -0.25) is 14.3 Å². The maximum atomic E-state index is 13.3. The second-order valence-electron chi connectivity index (χ2n) is 14.0. The number of carbonyl (C=O) groups excluding carboxylic acids is 3. The highest BCUT2D eigenvalue weighted by Crippen LogP contribution is 2.39. The number of nitrogens with one attached hydrogen (secondary N) is 1. The van der Waals surface area contributed by atoms with E-state index in [0.29, 0.717) is 63.5 Å². The molecule has 2 aliphatic rings. The molecule has 1 N–H and O–H groups in total. The predicted molar refractivity (Wildman–Crippen MR) is 192 cm³/mol. The van der Waals surface area contributed by atoms with Gasteiger partial charge in [-0.2, -0.15) is 0 Å². The number of aryl methyl sites for hydroxylation is 1. The number of aromatic nitrogens is 4. The topological polar surface area (TPSA) is 129 Å². The van der Waals surface area contributed by atoms with E-state index in [0.717, 1.165) is 45.4 Å². The summed E-state index contributed by atoms with van der Waals surface area (Å²) in [6.45, 7) is 9.68. The smallest absolute Gasteiger partial charge is 0.410 e. The van der Waals surface area contributed by atoms with Crippen LogP contribution in [0.15, 0.2) is 54.9 Å². The number of fused-ring (bicyclic) bond motifs is 1. The highest BCUT2D eigenvalue weighted by Gasteiger charge is 2.27. The number of H-pyrrole nitrogens is 1. The Morgan fingerprint density at radius 1 is 0.960 bits per heavy atom. The lowest BCUT2D eigenvalue weighted by molar-refractivity contribution is -0.131. The van der Waals surface area contributed by atoms with Gasteiger partial charge >= 0.3 is 6.09 Å². The monoisotopic (exact) mass is 682 g/mol. The summed E-state index contributed by atoms with van der Waals surface area (Å²) in [6.07, 6.45) is 6.34. The van der Waals surface area contributed by atoms with E-state index in [1.807, 2.05) is 49.9 Å². The minimum absolute atomic E-state index is 0.0674. The van der Waals surface area contributed by atoms with Crippen LogP contribution in [0.3, 0.4) is 0 Å². The normalized spacial score (nSPS) is 15.2. The van der Waals surface area contributed by atoms with Gasteiger partial charge in [-0.1, -0.05) is 11.3 Å². The second-order valence-corrected chi connectivity index (χ2v) is 14.0. The molecule has 13 heteroatoms. The second kappa shape index (κ2) is 14.3. The zero-order valence-electron chi connectivity index (χ0n) is 29.7. The number of aromatic amines is 1. The molecule has 50 heavy (non-hydrogen) atoms. The lowest BCUT2D eigenvalue weighted by Crippen LogP contribution is -2.50. The lowest BCUT2D eigenvalue weighted by atomic mass is 9.98. The Balaban J connectivity index is 1.27. The van der Waals surface area contributed by atoms with Gasteiger partial charge in [0.25, 0.3) is 5.91 Å². The maximum absolute atomic E-state index is 13.3. The van der Waals surface area contributed by atoms with E-state index in [-0.39, 0.29) is 17.9 Å². The number of hydrogen-bond acceptors (Lipinski definition) is 8. The Labute approximate surface area is 292 Å². The summed E-state index contributed by atoms with van der Waals surface area (Å²) < 4.78 is 13.2. The standard InChI is InChI=1S/C37H46N8O5/c1-37(2,3)50-36(48)43-18-16-42(17-19-43)28-9-10-29(32(23-28)49-6)30-21-27(35(47)41(4)5)20-26-22-31(39-34(26)30)25-8-7-13-44(24-25)33(46)11-14-45-15-12-38-40-45/h8-10,12,15,20-23,39H,7,11,13-14,16-19,24H2,1-6H3. The molecule has 13 nitrogen and oxygen atoms in total. The maximum Gasteiger partial charge on any atom is 0.410 e. The summed E-state index contributed by atoms with van der Waals surface area (Å²) in [7, 11) is 5.14. The Kier molecular flexibility index (Phi) is 9.85. The van der Waals surface area contributed by atoms with Gasteiger partial charge in [-0.25, -0.2) is 4.79 Å². The van der Waals surface area contributed by atoms with E-state index in [2.05, 4.69) is 38.4 Å². The van der Waals surface area contributed by atoms with Crippen LogP contribution in [0.25, 0.3) is 27.6 Å². The number of amides is 3. The molecule has 0 saturated carbocycles. The van der Waals surface area contributed by atoms with Crippen LogP contribution in [0.2, 0.25) is 0 Å². The summed E-state index contributed by atoms with van der Waals surface area (Å²) in [5.74, 6) is 0.637. The Morgan fingerprint density at radius 3 is 2.42 bits per heavy atom. The fraction of sp³-hybridized carbons (Fsp3) is 0.432. The molecule has 3 amide bonds. The zero-order chi connectivity index (χ0) is 35.6. The minimum atomic E-state index is -0.538. The molecule has 2 aromatic heterocycles. The molecule has 1 saturated heterocycles. The van der Waals surface area contributed by atoms with Crippen LogP contribution in [0.5, 0.6) is 5.75 Å². The van der Waals surface area contributed by atoms with Gasteiger partial charge in [0, 0.05) is 106 Å². The number of nitrogens with zero attached hydrogens (tertiary/aromatic N) is 7. The number of methoxy groups -OCH3 is 1. The quantitative estimate of drug-likeness (QED) is 0.278. The highest BCUT2D eigenvalue weighted by atomic mass is 16.6. The predicted octanol–water partition coefficient (Wildman–Crippen LogP) is 4.90. The van der Waals surface area contributed by atoms with Crippen LogP contribution < -0.4 is 9.64 Å². The molecule has 2 aliphatic heterocycles. The van der Waals surface area contributed by atoms with Crippen molar-refractivity contribution in [1.29, 1.82) is 0 Å². The van der Waals surface area contributed by atoms with E-state index < -0.39 is 5.60 Å². The number of piperazine rings is 1. The fourth-order valence-corrected chi connectivity index (χ4v) is 6.46. The summed E-state index contributed by atoms with van der Waals surface area (Å²) in [6, 6.07) is 12.0. The fourth-order valence-electron chi connectivity index (χ4n) is 6.46. The zero-order valence-corrected chi connectivity index (χ0v) is 29.7. The van der Waals surface area contributed by atoms with Gasteiger partial charge in [0.15, 0.2) is 0 Å². The lowest BCUT2D eigenvalue weighted by Gasteiger charge is -2.37. The van der Waals surface area contributed by atoms with Crippen molar-refractivity contribution in [3.63, 3.8) is 0 Å². The van der Waals surface area contributed by atoms with Crippen molar-refractivity contribution >= 4 is 40.1 Å². The van der Waals surface area contributed by atoms with Crippen LogP contribution in [0, 0.1) is 0 Å². The van der Waals surface area contributed by atoms with Crippen LogP contribution in [-0.4, -0.2) is 119 Å². The average Bonchev–Trinajstić information content (AvgIpc) is 3.79. The molecular formula is C37H46N8O5. The van der Waals surface area contributed by atoms with Crippen LogP contribution in [-0.2, 0) is 16.1 Å². The van der Waals surface area contributed by atoms with Crippen LogP contribution in [0.1, 0.15) is 49.7 Å². The first-order valence-electron chi connectivity index (χ1n) is 17.0. The van der Waals surface area contributed by atoms with E-state index in [1.165, 1.54) is 0 Å².